The smallest absolute Gasteiger partial charge is 0.294 e. The van der Waals surface area contributed by atoms with E-state index in [1.807, 2.05) is 85.8 Å². The number of aryl methyl sites for hydroxylation is 2. The van der Waals surface area contributed by atoms with Crippen molar-refractivity contribution in [3.8, 4) is 0 Å². The van der Waals surface area contributed by atoms with Gasteiger partial charge in [0.15, 0.2) is 0 Å². The van der Waals surface area contributed by atoms with Crippen molar-refractivity contribution in [3.05, 3.63) is 120 Å². The van der Waals surface area contributed by atoms with Crippen LogP contribution < -0.4 is 15.5 Å². The summed E-state index contributed by atoms with van der Waals surface area (Å²) in [5, 5.41) is 6.20. The van der Waals surface area contributed by atoms with Crippen molar-refractivity contribution in [2.75, 3.05) is 35.7 Å². The Bertz CT molecular complexity index is 1420. The monoisotopic (exact) mass is 519 g/mol. The van der Waals surface area contributed by atoms with E-state index in [1.165, 1.54) is 5.56 Å². The summed E-state index contributed by atoms with van der Waals surface area (Å²) in [5.41, 5.74) is 5.63. The zero-order valence-corrected chi connectivity index (χ0v) is 22.5. The second-order valence-corrected chi connectivity index (χ2v) is 9.97. The summed E-state index contributed by atoms with van der Waals surface area (Å²) in [6.45, 7) is 5.58. The summed E-state index contributed by atoms with van der Waals surface area (Å²) in [5.74, 6) is -0.357. The van der Waals surface area contributed by atoms with Gasteiger partial charge in [0.05, 0.1) is 0 Å². The van der Waals surface area contributed by atoms with Crippen molar-refractivity contribution in [3.63, 3.8) is 0 Å². The van der Waals surface area contributed by atoms with Crippen LogP contribution in [-0.4, -0.2) is 47.8 Å². The first-order valence-electron chi connectivity index (χ1n) is 13.1. The Labute approximate surface area is 229 Å². The molecule has 3 aromatic rings. The number of rotatable bonds is 9. The minimum absolute atomic E-state index is 0.213. The molecule has 0 bridgehead atoms. The highest BCUT2D eigenvalue weighted by Crippen LogP contribution is 2.37. The zero-order chi connectivity index (χ0) is 27.4. The van der Waals surface area contributed by atoms with Gasteiger partial charge in [-0.2, -0.15) is 0 Å². The Morgan fingerprint density at radius 1 is 0.974 bits per heavy atom. The van der Waals surface area contributed by atoms with Crippen molar-refractivity contribution in [2.24, 2.45) is 0 Å². The lowest BCUT2D eigenvalue weighted by molar-refractivity contribution is -0.137. The number of nitrogens with zero attached hydrogens (tertiary/aromatic N) is 3. The molecule has 2 atom stereocenters. The number of Topliss-reactive ketones (excluding diaryl/α,β-unsaturated/α-hetero) is 1. The highest BCUT2D eigenvalue weighted by molar-refractivity contribution is 6.42. The molecule has 2 aliphatic heterocycles. The molecule has 0 saturated heterocycles. The third kappa shape index (κ3) is 5.93. The van der Waals surface area contributed by atoms with Crippen LogP contribution in [0.4, 0.5) is 17.2 Å². The fourth-order valence-corrected chi connectivity index (χ4v) is 5.05. The Hall–Kier alpha value is -4.65. The number of aromatic nitrogens is 1. The molecule has 0 saturated carbocycles. The second-order valence-electron chi connectivity index (χ2n) is 9.97. The lowest BCUT2D eigenvalue weighted by atomic mass is 9.90. The largest absolute Gasteiger partial charge is 0.383 e. The molecule has 2 aromatic carbocycles. The molecule has 198 valence electrons. The normalized spacial score (nSPS) is 17.4. The van der Waals surface area contributed by atoms with Gasteiger partial charge < -0.3 is 20.4 Å². The number of carbonyl (C=O) groups is 2. The Morgan fingerprint density at radius 2 is 1.72 bits per heavy atom. The van der Waals surface area contributed by atoms with Crippen LogP contribution in [0.5, 0.6) is 0 Å². The predicted octanol–water partition coefficient (Wildman–Crippen LogP) is 5.19. The van der Waals surface area contributed by atoms with Crippen molar-refractivity contribution >= 4 is 28.9 Å². The van der Waals surface area contributed by atoms with E-state index in [0.717, 1.165) is 41.5 Å². The number of pyridine rings is 1. The maximum atomic E-state index is 13.5. The molecule has 2 N–H and O–H groups in total. The average Bonchev–Trinajstić information content (AvgIpc) is 3.33. The molecule has 2 unspecified atom stereocenters. The number of benzene rings is 2. The Balaban J connectivity index is 1.19. The van der Waals surface area contributed by atoms with Crippen LogP contribution in [0.2, 0.25) is 0 Å². The maximum absolute atomic E-state index is 13.5. The van der Waals surface area contributed by atoms with E-state index >= 15 is 0 Å². The number of hydrogen-bond donors (Lipinski definition) is 2. The molecular weight excluding hydrogens is 486 g/mol. The number of ketones is 1. The van der Waals surface area contributed by atoms with E-state index in [9.17, 15) is 9.59 Å². The van der Waals surface area contributed by atoms with Gasteiger partial charge in [0.2, 0.25) is 5.78 Å². The van der Waals surface area contributed by atoms with Crippen LogP contribution in [0.1, 0.15) is 22.7 Å². The molecule has 39 heavy (non-hydrogen) atoms. The number of allylic oxidation sites excluding steroid dienone is 3. The maximum Gasteiger partial charge on any atom is 0.294 e. The van der Waals surface area contributed by atoms with Gasteiger partial charge in [-0.25, -0.2) is 4.98 Å². The SMILES string of the molecule is Cc1cc(C)nc(N(C)CCNc2ccc(NC(=O)C(=O)C3C(c4ccccc4)C=C4C=CC=CN43)cc2)c1. The average molecular weight is 520 g/mol. The first-order chi connectivity index (χ1) is 18.9. The quantitative estimate of drug-likeness (QED) is 0.379. The highest BCUT2D eigenvalue weighted by Gasteiger charge is 2.41. The van der Waals surface area contributed by atoms with E-state index < -0.39 is 17.7 Å². The summed E-state index contributed by atoms with van der Waals surface area (Å²) in [7, 11) is 2.03. The number of carbonyl (C=O) groups excluding carboxylic acids is 2. The predicted molar refractivity (Wildman–Crippen MR) is 157 cm³/mol. The molecule has 5 rings (SSSR count). The van der Waals surface area contributed by atoms with Crippen molar-refractivity contribution < 1.29 is 9.59 Å². The third-order valence-corrected chi connectivity index (χ3v) is 6.98. The molecule has 3 heterocycles. The summed E-state index contributed by atoms with van der Waals surface area (Å²) in [4.78, 5) is 35.1. The second kappa shape index (κ2) is 11.4. The fourth-order valence-electron chi connectivity index (χ4n) is 5.05. The summed E-state index contributed by atoms with van der Waals surface area (Å²) < 4.78 is 0. The number of amides is 1. The summed E-state index contributed by atoms with van der Waals surface area (Å²) >= 11 is 0. The van der Waals surface area contributed by atoms with E-state index in [0.29, 0.717) is 5.69 Å². The Kier molecular flexibility index (Phi) is 7.59. The van der Waals surface area contributed by atoms with Crippen LogP contribution in [0.25, 0.3) is 0 Å². The topological polar surface area (TPSA) is 77.6 Å². The van der Waals surface area contributed by atoms with Gasteiger partial charge >= 0.3 is 0 Å². The van der Waals surface area contributed by atoms with Crippen molar-refractivity contribution in [1.82, 2.24) is 9.88 Å². The first-order valence-corrected chi connectivity index (χ1v) is 13.1. The molecule has 7 nitrogen and oxygen atoms in total. The Morgan fingerprint density at radius 3 is 2.46 bits per heavy atom. The van der Waals surface area contributed by atoms with Gasteiger partial charge in [0.1, 0.15) is 11.9 Å². The van der Waals surface area contributed by atoms with Crippen LogP contribution in [-0.2, 0) is 9.59 Å². The van der Waals surface area contributed by atoms with Crippen LogP contribution in [0.15, 0.2) is 103 Å². The summed E-state index contributed by atoms with van der Waals surface area (Å²) in [6.07, 6.45) is 9.69. The van der Waals surface area contributed by atoms with E-state index in [1.54, 1.807) is 12.1 Å². The highest BCUT2D eigenvalue weighted by atomic mass is 16.2. The van der Waals surface area contributed by atoms with Gasteiger partial charge in [-0.05, 0) is 73.5 Å². The van der Waals surface area contributed by atoms with Crippen molar-refractivity contribution in [2.45, 2.75) is 25.8 Å². The molecule has 0 aliphatic carbocycles. The lowest BCUT2D eigenvalue weighted by Crippen LogP contribution is -2.43. The number of anilines is 3. The van der Waals surface area contributed by atoms with E-state index in [-0.39, 0.29) is 5.92 Å². The van der Waals surface area contributed by atoms with Crippen LogP contribution in [0, 0.1) is 13.8 Å². The van der Waals surface area contributed by atoms with Gasteiger partial charge in [-0.3, -0.25) is 9.59 Å². The molecule has 0 fully saturated rings. The molecule has 2 aliphatic rings. The minimum atomic E-state index is -0.631. The molecule has 7 heteroatoms. The number of hydrogen-bond acceptors (Lipinski definition) is 6. The molecule has 1 amide bonds. The molecule has 1 aromatic heterocycles. The molecular formula is C32H33N5O2. The molecule has 0 spiro atoms. The van der Waals surface area contributed by atoms with Gasteiger partial charge in [0.25, 0.3) is 5.91 Å². The van der Waals surface area contributed by atoms with Gasteiger partial charge in [-0.15, -0.1) is 0 Å². The summed E-state index contributed by atoms with van der Waals surface area (Å²) in [6, 6.07) is 20.8. The lowest BCUT2D eigenvalue weighted by Gasteiger charge is -2.28. The van der Waals surface area contributed by atoms with E-state index in [2.05, 4.69) is 45.6 Å². The zero-order valence-electron chi connectivity index (χ0n) is 22.5. The standard InChI is InChI=1S/C32H33N5O2/c1-22-19-23(2)34-29(20-22)36(3)18-16-33-25-12-14-26(15-13-25)35-32(39)31(38)30-28(24-9-5-4-6-10-24)21-27-11-7-8-17-37(27)30/h4-15,17,19-21,28,30,33H,16,18H2,1-3H3,(H,35,39). The van der Waals surface area contributed by atoms with Crippen LogP contribution in [0.3, 0.4) is 0 Å². The minimum Gasteiger partial charge on any atom is -0.383 e. The van der Waals surface area contributed by atoms with Gasteiger partial charge in [-0.1, -0.05) is 42.5 Å². The first kappa shape index (κ1) is 26.0. The number of nitrogens with one attached hydrogen (secondary N) is 2. The number of likely N-dealkylation sites (N-methyl/N-ethyl adjacent to an activating group) is 1. The number of fused-ring (bicyclic) bond motifs is 1. The van der Waals surface area contributed by atoms with Gasteiger partial charge in [0, 0.05) is 55.0 Å². The fraction of sp³-hybridized carbons (Fsp3) is 0.219. The van der Waals surface area contributed by atoms with E-state index in [4.69, 9.17) is 0 Å². The third-order valence-electron chi connectivity index (χ3n) is 6.98. The van der Waals surface area contributed by atoms with Crippen molar-refractivity contribution in [1.29, 1.82) is 0 Å². The van der Waals surface area contributed by atoms with Crippen LogP contribution >= 0.6 is 0 Å². The molecule has 0 radical (unpaired) electrons.